The van der Waals surface area contributed by atoms with E-state index in [2.05, 4.69) is 5.32 Å². The van der Waals surface area contributed by atoms with Crippen LogP contribution < -0.4 is 5.32 Å². The average Bonchev–Trinajstić information content (AvgIpc) is 2.15. The van der Waals surface area contributed by atoms with E-state index in [9.17, 15) is 4.79 Å². The second-order valence-electron chi connectivity index (χ2n) is 4.14. The monoisotopic (exact) mass is 198 g/mol. The maximum atomic E-state index is 11.9. The molecule has 14 heavy (non-hydrogen) atoms. The zero-order chi connectivity index (χ0) is 9.97. The molecule has 2 fully saturated rings. The highest BCUT2D eigenvalue weighted by atomic mass is 16.5. The van der Waals surface area contributed by atoms with Gasteiger partial charge < -0.3 is 15.0 Å². The first-order valence-electron chi connectivity index (χ1n) is 5.33. The molecule has 4 nitrogen and oxygen atoms in total. The fourth-order valence-electron chi connectivity index (χ4n) is 2.05. The van der Waals surface area contributed by atoms with Crippen LogP contribution in [0.15, 0.2) is 0 Å². The number of ether oxygens (including phenoxy) is 1. The lowest BCUT2D eigenvalue weighted by Crippen LogP contribution is -2.54. The third-order valence-electron chi connectivity index (χ3n) is 3.15. The Hall–Kier alpha value is -0.610. The van der Waals surface area contributed by atoms with Gasteiger partial charge in [-0.3, -0.25) is 4.79 Å². The van der Waals surface area contributed by atoms with Gasteiger partial charge in [-0.05, 0) is 12.8 Å². The van der Waals surface area contributed by atoms with E-state index in [4.69, 9.17) is 4.74 Å². The van der Waals surface area contributed by atoms with Crippen molar-refractivity contribution in [3.05, 3.63) is 0 Å². The number of rotatable bonds is 2. The van der Waals surface area contributed by atoms with Gasteiger partial charge in [0.1, 0.15) is 0 Å². The highest BCUT2D eigenvalue weighted by Gasteiger charge is 2.31. The summed E-state index contributed by atoms with van der Waals surface area (Å²) in [6.45, 7) is 3.40. The van der Waals surface area contributed by atoms with E-state index in [1.165, 1.54) is 0 Å². The molecule has 2 heterocycles. The Kier molecular flexibility index (Phi) is 3.03. The van der Waals surface area contributed by atoms with Crippen LogP contribution in [0, 0.1) is 5.92 Å². The number of methoxy groups -OCH3 is 1. The van der Waals surface area contributed by atoms with Crippen molar-refractivity contribution < 1.29 is 9.53 Å². The van der Waals surface area contributed by atoms with Crippen LogP contribution in [0.1, 0.15) is 12.8 Å². The van der Waals surface area contributed by atoms with Crippen LogP contribution in [0.25, 0.3) is 0 Å². The van der Waals surface area contributed by atoms with Gasteiger partial charge in [0, 0.05) is 33.3 Å². The molecular formula is C10H18N2O2. The maximum Gasteiger partial charge on any atom is 0.228 e. The lowest BCUT2D eigenvalue weighted by atomic mass is 9.99. The smallest absolute Gasteiger partial charge is 0.228 e. The second kappa shape index (κ2) is 4.28. The molecule has 4 heteroatoms. The summed E-state index contributed by atoms with van der Waals surface area (Å²) in [6.07, 6.45) is 2.41. The molecule has 2 rings (SSSR count). The number of nitrogens with one attached hydrogen (secondary N) is 1. The summed E-state index contributed by atoms with van der Waals surface area (Å²) in [4.78, 5) is 13.8. The summed E-state index contributed by atoms with van der Waals surface area (Å²) < 4.78 is 5.29. The first kappa shape index (κ1) is 9.93. The van der Waals surface area contributed by atoms with E-state index in [0.29, 0.717) is 5.91 Å². The van der Waals surface area contributed by atoms with Crippen molar-refractivity contribution in [3.8, 4) is 0 Å². The summed E-state index contributed by atoms with van der Waals surface area (Å²) in [7, 11) is 1.73. The van der Waals surface area contributed by atoms with E-state index >= 15 is 0 Å². The van der Waals surface area contributed by atoms with Crippen LogP contribution in [0.2, 0.25) is 0 Å². The van der Waals surface area contributed by atoms with Crippen molar-refractivity contribution in [1.29, 1.82) is 0 Å². The minimum absolute atomic E-state index is 0.227. The number of likely N-dealkylation sites (tertiary alicyclic amines) is 1. The normalized spacial score (nSPS) is 28.6. The number of amides is 1. The largest absolute Gasteiger partial charge is 0.380 e. The molecule has 0 aromatic carbocycles. The fraction of sp³-hybridized carbons (Fsp3) is 0.900. The van der Waals surface area contributed by atoms with Crippen molar-refractivity contribution in [3.63, 3.8) is 0 Å². The number of carbonyl (C=O) groups excluding carboxylic acids is 1. The molecule has 0 unspecified atom stereocenters. The highest BCUT2D eigenvalue weighted by molar-refractivity contribution is 5.80. The Balaban J connectivity index is 1.86. The molecule has 0 aromatic heterocycles. The van der Waals surface area contributed by atoms with Gasteiger partial charge in [-0.25, -0.2) is 0 Å². The van der Waals surface area contributed by atoms with Gasteiger partial charge >= 0.3 is 0 Å². The van der Waals surface area contributed by atoms with Gasteiger partial charge in [-0.15, -0.1) is 0 Å². The number of carbonyl (C=O) groups is 1. The average molecular weight is 198 g/mol. The van der Waals surface area contributed by atoms with Crippen molar-refractivity contribution in [2.24, 2.45) is 5.92 Å². The Bertz CT molecular complexity index is 216. The lowest BCUT2D eigenvalue weighted by Gasteiger charge is -2.37. The summed E-state index contributed by atoms with van der Waals surface area (Å²) in [6, 6.07) is 0. The van der Waals surface area contributed by atoms with Gasteiger partial charge in [0.15, 0.2) is 0 Å². The highest BCUT2D eigenvalue weighted by Crippen LogP contribution is 2.16. The summed E-state index contributed by atoms with van der Waals surface area (Å²) in [5.74, 6) is 0.538. The van der Waals surface area contributed by atoms with Gasteiger partial charge in [0.05, 0.1) is 12.0 Å². The molecule has 0 saturated carbocycles. The fourth-order valence-corrected chi connectivity index (χ4v) is 2.05. The van der Waals surface area contributed by atoms with Gasteiger partial charge in [0.25, 0.3) is 0 Å². The van der Waals surface area contributed by atoms with Crippen LogP contribution in [0.3, 0.4) is 0 Å². The molecule has 0 radical (unpaired) electrons. The lowest BCUT2D eigenvalue weighted by molar-refractivity contribution is -0.140. The Morgan fingerprint density at radius 2 is 2.29 bits per heavy atom. The predicted octanol–water partition coefficient (Wildman–Crippen LogP) is -0.157. The predicted molar refractivity (Wildman–Crippen MR) is 53.0 cm³/mol. The minimum atomic E-state index is 0.227. The molecule has 1 amide bonds. The summed E-state index contributed by atoms with van der Waals surface area (Å²) >= 11 is 0. The van der Waals surface area contributed by atoms with E-state index in [0.717, 1.165) is 39.0 Å². The molecular weight excluding hydrogens is 180 g/mol. The van der Waals surface area contributed by atoms with Crippen molar-refractivity contribution in [1.82, 2.24) is 10.2 Å². The quantitative estimate of drug-likeness (QED) is 0.670. The van der Waals surface area contributed by atoms with E-state index < -0.39 is 0 Å². The molecule has 0 bridgehead atoms. The number of nitrogens with zero attached hydrogens (tertiary/aromatic N) is 1. The molecule has 1 N–H and O–H groups in total. The Morgan fingerprint density at radius 3 is 2.86 bits per heavy atom. The number of hydrogen-bond donors (Lipinski definition) is 1. The van der Waals surface area contributed by atoms with Gasteiger partial charge in [-0.2, -0.15) is 0 Å². The molecule has 1 atom stereocenters. The third-order valence-corrected chi connectivity index (χ3v) is 3.15. The molecule has 0 spiro atoms. The van der Waals surface area contributed by atoms with Crippen LogP contribution in [0.5, 0.6) is 0 Å². The minimum Gasteiger partial charge on any atom is -0.380 e. The maximum absolute atomic E-state index is 11.9. The van der Waals surface area contributed by atoms with Crippen LogP contribution in [-0.2, 0) is 9.53 Å². The van der Waals surface area contributed by atoms with Crippen molar-refractivity contribution in [2.75, 3.05) is 33.3 Å². The number of hydrogen-bond acceptors (Lipinski definition) is 3. The van der Waals surface area contributed by atoms with Crippen LogP contribution in [0.4, 0.5) is 0 Å². The van der Waals surface area contributed by atoms with E-state index in [-0.39, 0.29) is 12.0 Å². The first-order chi connectivity index (χ1) is 6.81. The van der Waals surface area contributed by atoms with Crippen molar-refractivity contribution >= 4 is 5.91 Å². The van der Waals surface area contributed by atoms with Crippen LogP contribution in [-0.4, -0.2) is 50.2 Å². The molecule has 0 aromatic rings. The second-order valence-corrected chi connectivity index (χ2v) is 4.14. The molecule has 2 aliphatic rings. The number of piperidine rings is 1. The van der Waals surface area contributed by atoms with Gasteiger partial charge in [-0.1, -0.05) is 0 Å². The summed E-state index contributed by atoms with van der Waals surface area (Å²) in [5, 5.41) is 3.13. The Morgan fingerprint density at radius 1 is 1.50 bits per heavy atom. The zero-order valence-electron chi connectivity index (χ0n) is 8.66. The molecule has 80 valence electrons. The van der Waals surface area contributed by atoms with E-state index in [1.54, 1.807) is 7.11 Å². The molecule has 2 saturated heterocycles. The summed E-state index contributed by atoms with van der Waals surface area (Å²) in [5.41, 5.74) is 0. The SMILES string of the molecule is CO[C@@H]1CCCN(C(=O)C2CNC2)C1. The topological polar surface area (TPSA) is 41.6 Å². The van der Waals surface area contributed by atoms with Crippen molar-refractivity contribution in [2.45, 2.75) is 18.9 Å². The Labute approximate surface area is 84.6 Å². The zero-order valence-corrected chi connectivity index (χ0v) is 8.66. The van der Waals surface area contributed by atoms with E-state index in [1.807, 2.05) is 4.90 Å². The standard InChI is InChI=1S/C10H18N2O2/c1-14-9-3-2-4-12(7-9)10(13)8-5-11-6-8/h8-9,11H,2-7H2,1H3/t9-/m1/s1. The molecule has 0 aliphatic carbocycles. The molecule has 2 aliphatic heterocycles. The van der Waals surface area contributed by atoms with Gasteiger partial charge in [0.2, 0.25) is 5.91 Å². The first-order valence-corrected chi connectivity index (χ1v) is 5.33. The van der Waals surface area contributed by atoms with Crippen LogP contribution >= 0.6 is 0 Å². The third kappa shape index (κ3) is 1.91.